The molecule has 0 bridgehead atoms. The van der Waals surface area contributed by atoms with E-state index in [2.05, 4.69) is 71.4 Å². The second-order valence-electron chi connectivity index (χ2n) is 6.23. The third kappa shape index (κ3) is 4.13. The van der Waals surface area contributed by atoms with E-state index in [-0.39, 0.29) is 11.5 Å². The molecule has 1 heterocycles. The molecule has 2 aromatic rings. The molecule has 0 saturated carbocycles. The highest BCUT2D eigenvalue weighted by atomic mass is 79.9. The summed E-state index contributed by atoms with van der Waals surface area (Å²) in [5.41, 5.74) is 6.59. The van der Waals surface area contributed by atoms with Gasteiger partial charge in [-0.1, -0.05) is 45.0 Å². The molecule has 0 fully saturated rings. The Bertz CT molecular complexity index is 588. The summed E-state index contributed by atoms with van der Waals surface area (Å²) in [5, 5.41) is 0. The van der Waals surface area contributed by atoms with Gasteiger partial charge in [0.1, 0.15) is 0 Å². The summed E-state index contributed by atoms with van der Waals surface area (Å²) >= 11 is 3.41. The number of aromatic nitrogens is 1. The second-order valence-corrected chi connectivity index (χ2v) is 7.14. The lowest BCUT2D eigenvalue weighted by Gasteiger charge is -2.27. The van der Waals surface area contributed by atoms with E-state index in [9.17, 15) is 0 Å². The number of pyridine rings is 1. The molecule has 1 atom stereocenters. The Morgan fingerprint density at radius 2 is 1.90 bits per heavy atom. The van der Waals surface area contributed by atoms with Crippen LogP contribution in [0.2, 0.25) is 0 Å². The van der Waals surface area contributed by atoms with Crippen LogP contribution in [0.15, 0.2) is 47.1 Å². The quantitative estimate of drug-likeness (QED) is 0.651. The number of hydrogen-bond donors (Lipinski definition) is 2. The Labute approximate surface area is 135 Å². The monoisotopic (exact) mass is 347 g/mol. The lowest BCUT2D eigenvalue weighted by Crippen LogP contribution is -2.32. The highest BCUT2D eigenvalue weighted by Crippen LogP contribution is 2.30. The molecule has 1 unspecified atom stereocenters. The van der Waals surface area contributed by atoms with Crippen molar-refractivity contribution < 1.29 is 0 Å². The molecule has 0 aliphatic carbocycles. The molecule has 0 aliphatic rings. The zero-order valence-electron chi connectivity index (χ0n) is 12.7. The topological polar surface area (TPSA) is 50.9 Å². The van der Waals surface area contributed by atoms with Gasteiger partial charge in [-0.25, -0.2) is 0 Å². The lowest BCUT2D eigenvalue weighted by molar-refractivity contribution is 0.514. The predicted octanol–water partition coefficient (Wildman–Crippen LogP) is 3.89. The molecular weight excluding hydrogens is 326 g/mol. The van der Waals surface area contributed by atoms with Gasteiger partial charge in [0.05, 0.1) is 6.04 Å². The fraction of sp³-hybridized carbons (Fsp3) is 0.353. The smallest absolute Gasteiger partial charge is 0.0518 e. The maximum atomic E-state index is 5.81. The minimum absolute atomic E-state index is 0.0501. The van der Waals surface area contributed by atoms with E-state index in [0.29, 0.717) is 0 Å². The standard InChI is InChI=1S/C17H22BrN3/c1-17(2,3)15-7-5-4-6-14(15)16(21-19)10-13-9-8-12(18)11-20-13/h4-9,11,16,21H,10,19H2,1-3H3. The molecule has 21 heavy (non-hydrogen) atoms. The van der Waals surface area contributed by atoms with Crippen molar-refractivity contribution >= 4 is 15.9 Å². The van der Waals surface area contributed by atoms with E-state index in [1.165, 1.54) is 11.1 Å². The SMILES string of the molecule is CC(C)(C)c1ccccc1C(Cc1ccc(Br)cn1)NN. The third-order valence-corrected chi connectivity index (χ3v) is 4.02. The van der Waals surface area contributed by atoms with Crippen LogP contribution < -0.4 is 11.3 Å². The highest BCUT2D eigenvalue weighted by Gasteiger charge is 2.22. The summed E-state index contributed by atoms with van der Waals surface area (Å²) < 4.78 is 0.985. The summed E-state index contributed by atoms with van der Waals surface area (Å²) in [7, 11) is 0. The van der Waals surface area contributed by atoms with Crippen LogP contribution in [0.3, 0.4) is 0 Å². The molecule has 1 aromatic heterocycles. The van der Waals surface area contributed by atoms with Crippen molar-refractivity contribution in [2.24, 2.45) is 5.84 Å². The van der Waals surface area contributed by atoms with Crippen LogP contribution in [0.25, 0.3) is 0 Å². The van der Waals surface area contributed by atoms with Crippen LogP contribution in [0.5, 0.6) is 0 Å². The number of halogens is 1. The first-order valence-electron chi connectivity index (χ1n) is 7.08. The molecule has 0 saturated heterocycles. The summed E-state index contributed by atoms with van der Waals surface area (Å²) in [6, 6.07) is 12.5. The number of nitrogens with one attached hydrogen (secondary N) is 1. The van der Waals surface area contributed by atoms with Crippen molar-refractivity contribution in [3.8, 4) is 0 Å². The van der Waals surface area contributed by atoms with Gasteiger partial charge in [0, 0.05) is 22.8 Å². The van der Waals surface area contributed by atoms with Crippen LogP contribution >= 0.6 is 15.9 Å². The molecule has 0 radical (unpaired) electrons. The van der Waals surface area contributed by atoms with Crippen LogP contribution in [-0.2, 0) is 11.8 Å². The van der Waals surface area contributed by atoms with Crippen molar-refractivity contribution in [2.75, 3.05) is 0 Å². The number of rotatable bonds is 4. The average molecular weight is 348 g/mol. The number of nitrogens with zero attached hydrogens (tertiary/aromatic N) is 1. The second kappa shape index (κ2) is 6.69. The lowest BCUT2D eigenvalue weighted by atomic mass is 9.81. The molecule has 0 aliphatic heterocycles. The summed E-state index contributed by atoms with van der Waals surface area (Å²) in [6.07, 6.45) is 2.58. The molecule has 3 N–H and O–H groups in total. The van der Waals surface area contributed by atoms with Crippen LogP contribution in [0, 0.1) is 0 Å². The maximum absolute atomic E-state index is 5.81. The van der Waals surface area contributed by atoms with Gasteiger partial charge in [-0.2, -0.15) is 0 Å². The van der Waals surface area contributed by atoms with Crippen molar-refractivity contribution in [3.63, 3.8) is 0 Å². The fourth-order valence-corrected chi connectivity index (χ4v) is 2.71. The Morgan fingerprint density at radius 3 is 2.48 bits per heavy atom. The van der Waals surface area contributed by atoms with Crippen molar-refractivity contribution in [2.45, 2.75) is 38.6 Å². The molecule has 2 rings (SSSR count). The molecule has 4 heteroatoms. The van der Waals surface area contributed by atoms with Gasteiger partial charge < -0.3 is 0 Å². The molecular formula is C17H22BrN3. The highest BCUT2D eigenvalue weighted by molar-refractivity contribution is 9.10. The largest absolute Gasteiger partial charge is 0.271 e. The first kappa shape index (κ1) is 16.1. The van der Waals surface area contributed by atoms with Crippen molar-refractivity contribution in [3.05, 3.63) is 63.9 Å². The molecule has 3 nitrogen and oxygen atoms in total. The van der Waals surface area contributed by atoms with Crippen molar-refractivity contribution in [1.82, 2.24) is 10.4 Å². The van der Waals surface area contributed by atoms with Crippen LogP contribution in [0.1, 0.15) is 43.6 Å². The maximum Gasteiger partial charge on any atom is 0.0518 e. The van der Waals surface area contributed by atoms with Gasteiger partial charge in [-0.15, -0.1) is 0 Å². The normalized spacial score (nSPS) is 13.2. The van der Waals surface area contributed by atoms with Gasteiger partial charge in [-0.3, -0.25) is 16.3 Å². The molecule has 112 valence electrons. The minimum atomic E-state index is 0.0501. The Morgan fingerprint density at radius 1 is 1.19 bits per heavy atom. The zero-order chi connectivity index (χ0) is 15.5. The fourth-order valence-electron chi connectivity index (χ4n) is 2.48. The number of hydrogen-bond acceptors (Lipinski definition) is 3. The Kier molecular flexibility index (Phi) is 5.14. The molecule has 0 spiro atoms. The van der Waals surface area contributed by atoms with E-state index in [1.54, 1.807) is 0 Å². The summed E-state index contributed by atoms with van der Waals surface area (Å²) in [4.78, 5) is 4.44. The van der Waals surface area contributed by atoms with E-state index in [1.807, 2.05) is 18.3 Å². The predicted molar refractivity (Wildman–Crippen MR) is 90.8 cm³/mol. The van der Waals surface area contributed by atoms with Gasteiger partial charge in [0.2, 0.25) is 0 Å². The van der Waals surface area contributed by atoms with E-state index in [4.69, 9.17) is 5.84 Å². The van der Waals surface area contributed by atoms with Gasteiger partial charge >= 0.3 is 0 Å². The minimum Gasteiger partial charge on any atom is -0.271 e. The van der Waals surface area contributed by atoms with Crippen LogP contribution in [-0.4, -0.2) is 4.98 Å². The number of nitrogens with two attached hydrogens (primary N) is 1. The first-order valence-corrected chi connectivity index (χ1v) is 7.87. The molecule has 0 amide bonds. The van der Waals surface area contributed by atoms with Gasteiger partial charge in [0.25, 0.3) is 0 Å². The first-order chi connectivity index (χ1) is 9.91. The molecule has 1 aromatic carbocycles. The Balaban J connectivity index is 2.32. The third-order valence-electron chi connectivity index (χ3n) is 3.55. The van der Waals surface area contributed by atoms with E-state index in [0.717, 1.165) is 16.6 Å². The zero-order valence-corrected chi connectivity index (χ0v) is 14.3. The summed E-state index contributed by atoms with van der Waals surface area (Å²) in [6.45, 7) is 6.66. The van der Waals surface area contributed by atoms with Crippen LogP contribution in [0.4, 0.5) is 0 Å². The van der Waals surface area contributed by atoms with E-state index < -0.39 is 0 Å². The average Bonchev–Trinajstić information content (AvgIpc) is 2.46. The van der Waals surface area contributed by atoms with Gasteiger partial charge in [-0.05, 0) is 44.6 Å². The van der Waals surface area contributed by atoms with Crippen molar-refractivity contribution in [1.29, 1.82) is 0 Å². The van der Waals surface area contributed by atoms with E-state index >= 15 is 0 Å². The summed E-state index contributed by atoms with van der Waals surface area (Å²) in [5.74, 6) is 5.81. The Hall–Kier alpha value is -1.23. The number of benzene rings is 1. The number of hydrazine groups is 1. The van der Waals surface area contributed by atoms with Gasteiger partial charge in [0.15, 0.2) is 0 Å².